The van der Waals surface area contributed by atoms with E-state index in [4.69, 9.17) is 9.47 Å². The zero-order valence-corrected chi connectivity index (χ0v) is 35.5. The first-order chi connectivity index (χ1) is 28.6. The number of likely N-dealkylation sites (tertiary alicyclic amines) is 2. The summed E-state index contributed by atoms with van der Waals surface area (Å²) in [5.74, 6) is 1.16. The van der Waals surface area contributed by atoms with Crippen molar-refractivity contribution in [2.45, 2.75) is 110 Å². The first-order valence-electron chi connectivity index (χ1n) is 22.1. The molecule has 2 amide bonds. The van der Waals surface area contributed by atoms with Crippen molar-refractivity contribution in [3.8, 4) is 0 Å². The summed E-state index contributed by atoms with van der Waals surface area (Å²) in [5.41, 5.74) is 8.44. The van der Waals surface area contributed by atoms with Crippen LogP contribution in [0.15, 0.2) is 36.4 Å². The highest BCUT2D eigenvalue weighted by molar-refractivity contribution is 6.00. The number of amides is 2. The van der Waals surface area contributed by atoms with Crippen molar-refractivity contribution in [2.24, 2.45) is 11.8 Å². The van der Waals surface area contributed by atoms with Crippen molar-refractivity contribution < 1.29 is 28.7 Å². The maximum atomic E-state index is 13.3. The lowest BCUT2D eigenvalue weighted by atomic mass is 9.98. The number of nitrogens with one attached hydrogen (secondary N) is 1. The summed E-state index contributed by atoms with van der Waals surface area (Å²) in [6.07, 6.45) is 11.3. The lowest BCUT2D eigenvalue weighted by Gasteiger charge is -2.33. The smallest absolute Gasteiger partial charge is 0.325 e. The molecule has 12 heteroatoms. The van der Waals surface area contributed by atoms with Crippen molar-refractivity contribution in [2.75, 3.05) is 53.5 Å². The Morgan fingerprint density at radius 3 is 1.64 bits per heavy atom. The molecule has 0 atom stereocenters. The number of piperidine rings is 2. The van der Waals surface area contributed by atoms with Gasteiger partial charge in [0.05, 0.1) is 14.2 Å². The lowest BCUT2D eigenvalue weighted by molar-refractivity contribution is -0.142. The Labute approximate surface area is 348 Å². The summed E-state index contributed by atoms with van der Waals surface area (Å²) >= 11 is 0. The van der Waals surface area contributed by atoms with Gasteiger partial charge in [-0.3, -0.25) is 24.1 Å². The summed E-state index contributed by atoms with van der Waals surface area (Å²) < 4.78 is 14.0. The summed E-state index contributed by atoms with van der Waals surface area (Å²) in [6, 6.07) is 12.6. The standard InChI is InChI=1S/C26H35N3O3.C21H27N3O3/c1-18-9-12-27(13-10-18)26(31)19-7-8-23-21(15-19)22-16-28(20-5-3-4-6-20)14-11-24(22)29(23)17-25(30)32-2;1-14-6-9-23(10-7-14)21(26)15-3-4-18-16(11-15)17-12-22-8-5-19(17)24(18)13-20(25)27-2/h7-8,15,18,20H,3-6,9-14,16-17H2,1-2H3;3-4,11,14,22H,5-10,12-13H2,1-2H3. The van der Waals surface area contributed by atoms with Crippen LogP contribution >= 0.6 is 0 Å². The van der Waals surface area contributed by atoms with Gasteiger partial charge in [0.2, 0.25) is 0 Å². The SMILES string of the molecule is COC(=O)Cn1c2c(c3cc(C(=O)N4CCC(C)CC4)ccc31)CN(C1CCCC1)CC2.COC(=O)Cn1c2c(c3cc(C(=O)N4CCC(C)CC4)ccc31)CNCC2. The Kier molecular flexibility index (Phi) is 12.5. The van der Waals surface area contributed by atoms with Crippen molar-refractivity contribution in [1.82, 2.24) is 29.2 Å². The fourth-order valence-electron chi connectivity index (χ4n) is 10.2. The predicted octanol–water partition coefficient (Wildman–Crippen LogP) is 6.32. The zero-order valence-electron chi connectivity index (χ0n) is 35.5. The molecular formula is C47H62N6O6. The minimum Gasteiger partial charge on any atom is -0.468 e. The van der Waals surface area contributed by atoms with Crippen LogP contribution in [0.25, 0.3) is 21.8 Å². The van der Waals surface area contributed by atoms with E-state index in [0.29, 0.717) is 17.9 Å². The molecule has 1 saturated carbocycles. The second kappa shape index (κ2) is 17.9. The molecular weight excluding hydrogens is 745 g/mol. The minimum absolute atomic E-state index is 0.113. The summed E-state index contributed by atoms with van der Waals surface area (Å²) in [7, 11) is 2.86. The molecule has 0 bridgehead atoms. The Morgan fingerprint density at radius 2 is 1.14 bits per heavy atom. The molecule has 9 rings (SSSR count). The molecule has 2 saturated heterocycles. The quantitative estimate of drug-likeness (QED) is 0.216. The van der Waals surface area contributed by atoms with Gasteiger partial charge in [0.25, 0.3) is 11.8 Å². The molecule has 59 heavy (non-hydrogen) atoms. The fourth-order valence-corrected chi connectivity index (χ4v) is 10.2. The van der Waals surface area contributed by atoms with Gasteiger partial charge in [0, 0.05) is 116 Å². The number of hydrogen-bond acceptors (Lipinski definition) is 8. The normalized spacial score (nSPS) is 19.3. The number of rotatable bonds is 7. The van der Waals surface area contributed by atoms with E-state index in [1.54, 1.807) is 0 Å². The number of ether oxygens (including phenoxy) is 2. The van der Waals surface area contributed by atoms with Gasteiger partial charge in [-0.2, -0.15) is 0 Å². The molecule has 1 aliphatic carbocycles. The van der Waals surface area contributed by atoms with E-state index >= 15 is 0 Å². The third kappa shape index (κ3) is 8.53. The van der Waals surface area contributed by atoms with Crippen molar-refractivity contribution in [1.29, 1.82) is 0 Å². The topological polar surface area (TPSA) is 118 Å². The number of hydrogen-bond donors (Lipinski definition) is 1. The van der Waals surface area contributed by atoms with Crippen LogP contribution in [0.3, 0.4) is 0 Å². The van der Waals surface area contributed by atoms with E-state index in [-0.39, 0.29) is 36.8 Å². The number of esters is 2. The largest absolute Gasteiger partial charge is 0.468 e. The summed E-state index contributed by atoms with van der Waals surface area (Å²) in [6.45, 7) is 11.9. The second-order valence-corrected chi connectivity index (χ2v) is 17.7. The molecule has 1 N–H and O–H groups in total. The number of methoxy groups -OCH3 is 2. The molecule has 12 nitrogen and oxygen atoms in total. The number of benzene rings is 2. The van der Waals surface area contributed by atoms with Crippen molar-refractivity contribution >= 4 is 45.6 Å². The number of fused-ring (bicyclic) bond motifs is 6. The predicted molar refractivity (Wildman–Crippen MR) is 228 cm³/mol. The first kappa shape index (κ1) is 41.1. The molecule has 316 valence electrons. The molecule has 0 radical (unpaired) electrons. The Morgan fingerprint density at radius 1 is 0.644 bits per heavy atom. The van der Waals surface area contributed by atoms with E-state index in [0.717, 1.165) is 124 Å². The van der Waals surface area contributed by atoms with E-state index in [1.807, 2.05) is 44.7 Å². The van der Waals surface area contributed by atoms with Crippen LogP contribution in [-0.2, 0) is 58.1 Å². The lowest BCUT2D eigenvalue weighted by Crippen LogP contribution is -2.38. The van der Waals surface area contributed by atoms with E-state index in [1.165, 1.54) is 62.4 Å². The second-order valence-electron chi connectivity index (χ2n) is 17.7. The average Bonchev–Trinajstić information content (AvgIpc) is 4.00. The Hall–Kier alpha value is -4.68. The maximum Gasteiger partial charge on any atom is 0.325 e. The van der Waals surface area contributed by atoms with Gasteiger partial charge in [-0.15, -0.1) is 0 Å². The van der Waals surface area contributed by atoms with Crippen LogP contribution in [0.4, 0.5) is 0 Å². The number of carbonyl (C=O) groups is 4. The number of nitrogens with zero attached hydrogens (tertiary/aromatic N) is 5. The van der Waals surface area contributed by atoms with Gasteiger partial charge >= 0.3 is 11.9 Å². The average molecular weight is 807 g/mol. The maximum absolute atomic E-state index is 13.3. The van der Waals surface area contributed by atoms with Crippen LogP contribution in [0.2, 0.25) is 0 Å². The van der Waals surface area contributed by atoms with Gasteiger partial charge in [-0.05, 0) is 97.9 Å². The van der Waals surface area contributed by atoms with Gasteiger partial charge in [-0.1, -0.05) is 26.7 Å². The van der Waals surface area contributed by atoms with Crippen LogP contribution in [0.1, 0.15) is 108 Å². The highest BCUT2D eigenvalue weighted by atomic mass is 16.5. The zero-order chi connectivity index (χ0) is 41.2. The highest BCUT2D eigenvalue weighted by Gasteiger charge is 2.31. The summed E-state index contributed by atoms with van der Waals surface area (Å²) in [4.78, 5) is 56.9. The number of aromatic nitrogens is 2. The van der Waals surface area contributed by atoms with Crippen LogP contribution < -0.4 is 5.32 Å². The molecule has 0 spiro atoms. The van der Waals surface area contributed by atoms with Gasteiger partial charge < -0.3 is 33.7 Å². The van der Waals surface area contributed by atoms with Crippen molar-refractivity contribution in [3.05, 3.63) is 70.0 Å². The first-order valence-corrected chi connectivity index (χ1v) is 22.1. The Bertz CT molecular complexity index is 2200. The molecule has 4 aliphatic heterocycles. The fraction of sp³-hybridized carbons (Fsp3) is 0.574. The van der Waals surface area contributed by atoms with Crippen LogP contribution in [-0.4, -0.2) is 107 Å². The Balaban J connectivity index is 0.000000167. The molecule has 3 fully saturated rings. The van der Waals surface area contributed by atoms with E-state index < -0.39 is 0 Å². The minimum atomic E-state index is -0.254. The van der Waals surface area contributed by atoms with Gasteiger partial charge in [-0.25, -0.2) is 0 Å². The van der Waals surface area contributed by atoms with Gasteiger partial charge in [0.1, 0.15) is 13.1 Å². The third-order valence-electron chi connectivity index (χ3n) is 13.9. The number of carbonyl (C=O) groups excluding carboxylic acids is 4. The third-order valence-corrected chi connectivity index (χ3v) is 13.9. The molecule has 2 aromatic carbocycles. The highest BCUT2D eigenvalue weighted by Crippen LogP contribution is 2.36. The van der Waals surface area contributed by atoms with Crippen LogP contribution in [0.5, 0.6) is 0 Å². The van der Waals surface area contributed by atoms with E-state index in [9.17, 15) is 19.2 Å². The monoisotopic (exact) mass is 806 g/mol. The summed E-state index contributed by atoms with van der Waals surface area (Å²) in [5, 5.41) is 5.60. The molecule has 0 unspecified atom stereocenters. The van der Waals surface area contributed by atoms with Crippen LogP contribution in [0, 0.1) is 11.8 Å². The molecule has 2 aromatic heterocycles. The van der Waals surface area contributed by atoms with E-state index in [2.05, 4.69) is 34.7 Å². The van der Waals surface area contributed by atoms with Gasteiger partial charge in [0.15, 0.2) is 0 Å². The van der Waals surface area contributed by atoms with Crippen molar-refractivity contribution in [3.63, 3.8) is 0 Å². The molecule has 6 heterocycles. The molecule has 4 aromatic rings. The molecule has 5 aliphatic rings.